The Morgan fingerprint density at radius 3 is 2.05 bits per heavy atom. The maximum atomic E-state index is 12.3. The molecule has 19 heavy (non-hydrogen) atoms. The first-order valence-electron chi connectivity index (χ1n) is 5.48. The fraction of sp³-hybridized carbons (Fsp3) is 0.231. The number of allylic oxidation sites excluding steroid dienone is 2. The van der Waals surface area contributed by atoms with E-state index in [9.17, 15) is 9.59 Å². The van der Waals surface area contributed by atoms with Gasteiger partial charge in [-0.1, -0.05) is 0 Å². The van der Waals surface area contributed by atoms with Crippen molar-refractivity contribution in [3.8, 4) is 11.5 Å². The van der Waals surface area contributed by atoms with Crippen LogP contribution in [0.1, 0.15) is 20.7 Å². The summed E-state index contributed by atoms with van der Waals surface area (Å²) < 4.78 is 10.2. The van der Waals surface area contributed by atoms with Crippen molar-refractivity contribution in [2.75, 3.05) is 21.3 Å². The quantitative estimate of drug-likeness (QED) is 0.820. The Labute approximate surface area is 109 Å². The first kappa shape index (κ1) is 13.1. The summed E-state index contributed by atoms with van der Waals surface area (Å²) in [6.45, 7) is 0. The van der Waals surface area contributed by atoms with E-state index in [0.29, 0.717) is 11.5 Å². The Hall–Kier alpha value is -2.34. The van der Waals surface area contributed by atoms with Crippen molar-refractivity contribution in [3.63, 3.8) is 0 Å². The van der Waals surface area contributed by atoms with Crippen LogP contribution in [0.5, 0.6) is 11.5 Å². The zero-order valence-electron chi connectivity index (χ0n) is 10.8. The molecule has 0 unspecified atom stereocenters. The van der Waals surface area contributed by atoms with Gasteiger partial charge in [0.1, 0.15) is 17.2 Å². The molecular formula is C13H13NO5. The van der Waals surface area contributed by atoms with Crippen LogP contribution in [0.25, 0.3) is 0 Å². The molecule has 0 amide bonds. The molecule has 0 atom stereocenters. The molecule has 0 heterocycles. The second-order valence-electron chi connectivity index (χ2n) is 3.78. The summed E-state index contributed by atoms with van der Waals surface area (Å²) >= 11 is 0. The van der Waals surface area contributed by atoms with Gasteiger partial charge >= 0.3 is 0 Å². The van der Waals surface area contributed by atoms with Crippen LogP contribution in [0, 0.1) is 0 Å². The van der Waals surface area contributed by atoms with Crippen LogP contribution in [0.15, 0.2) is 23.9 Å². The van der Waals surface area contributed by atoms with Crippen molar-refractivity contribution in [1.29, 1.82) is 0 Å². The fourth-order valence-electron chi connectivity index (χ4n) is 1.96. The first-order chi connectivity index (χ1) is 9.13. The Balaban J connectivity index is 2.66. The van der Waals surface area contributed by atoms with Gasteiger partial charge in [0.15, 0.2) is 5.78 Å². The topological polar surface area (TPSA) is 73.9 Å². The van der Waals surface area contributed by atoms with Crippen molar-refractivity contribution in [2.24, 2.45) is 0 Å². The largest absolute Gasteiger partial charge is 0.496 e. The van der Waals surface area contributed by atoms with Crippen LogP contribution in [-0.4, -0.2) is 32.9 Å². The highest BCUT2D eigenvalue weighted by atomic mass is 16.6. The molecule has 1 N–H and O–H groups in total. The number of benzene rings is 1. The van der Waals surface area contributed by atoms with E-state index in [-0.39, 0.29) is 28.4 Å². The molecule has 2 rings (SSSR count). The van der Waals surface area contributed by atoms with Gasteiger partial charge in [-0.15, -0.1) is 0 Å². The Morgan fingerprint density at radius 1 is 0.947 bits per heavy atom. The Kier molecular flexibility index (Phi) is 3.52. The maximum absolute atomic E-state index is 12.3. The molecule has 0 aromatic heterocycles. The molecule has 0 radical (unpaired) electrons. The number of methoxy groups -OCH3 is 2. The van der Waals surface area contributed by atoms with Crippen molar-refractivity contribution in [3.05, 3.63) is 35.0 Å². The highest BCUT2D eigenvalue weighted by Crippen LogP contribution is 2.35. The van der Waals surface area contributed by atoms with E-state index in [1.165, 1.54) is 27.4 Å². The molecule has 100 valence electrons. The second kappa shape index (κ2) is 5.11. The van der Waals surface area contributed by atoms with Gasteiger partial charge in [0, 0.05) is 6.08 Å². The standard InChI is InChI=1S/C13H13NO5/c1-17-9-4-5-10(18-2)12-11(9)8(15)6-7(13(12)16)14-19-3/h4-6,14H,1-3H3. The van der Waals surface area contributed by atoms with Gasteiger partial charge in [-0.25, -0.2) is 0 Å². The van der Waals surface area contributed by atoms with Crippen molar-refractivity contribution in [1.82, 2.24) is 5.48 Å². The van der Waals surface area contributed by atoms with Crippen molar-refractivity contribution in [2.45, 2.75) is 0 Å². The van der Waals surface area contributed by atoms with E-state index < -0.39 is 0 Å². The molecule has 1 aliphatic rings. The minimum Gasteiger partial charge on any atom is -0.496 e. The summed E-state index contributed by atoms with van der Waals surface area (Å²) in [6, 6.07) is 3.17. The lowest BCUT2D eigenvalue weighted by molar-refractivity contribution is 0.0848. The van der Waals surface area contributed by atoms with Gasteiger partial charge in [0.2, 0.25) is 5.78 Å². The summed E-state index contributed by atoms with van der Waals surface area (Å²) in [5.74, 6) is -0.0726. The van der Waals surface area contributed by atoms with Crippen LogP contribution < -0.4 is 15.0 Å². The number of carbonyl (C=O) groups is 2. The number of ketones is 2. The van der Waals surface area contributed by atoms with E-state index >= 15 is 0 Å². The lowest BCUT2D eigenvalue weighted by atomic mass is 9.91. The first-order valence-corrected chi connectivity index (χ1v) is 5.48. The van der Waals surface area contributed by atoms with Crippen LogP contribution in [0.4, 0.5) is 0 Å². The van der Waals surface area contributed by atoms with Crippen molar-refractivity contribution < 1.29 is 23.9 Å². The fourth-order valence-corrected chi connectivity index (χ4v) is 1.96. The lowest BCUT2D eigenvalue weighted by Gasteiger charge is -2.19. The van der Waals surface area contributed by atoms with E-state index in [1.807, 2.05) is 0 Å². The number of hydroxylamine groups is 1. The lowest BCUT2D eigenvalue weighted by Crippen LogP contribution is -2.27. The summed E-state index contributed by atoms with van der Waals surface area (Å²) in [6.07, 6.45) is 1.18. The maximum Gasteiger partial charge on any atom is 0.215 e. The summed E-state index contributed by atoms with van der Waals surface area (Å²) in [5, 5.41) is 0. The minimum atomic E-state index is -0.382. The summed E-state index contributed by atoms with van der Waals surface area (Å²) in [5.41, 5.74) is 2.83. The summed E-state index contributed by atoms with van der Waals surface area (Å²) in [4.78, 5) is 29.1. The number of rotatable bonds is 4. The molecule has 0 bridgehead atoms. The number of hydrogen-bond acceptors (Lipinski definition) is 6. The minimum absolute atomic E-state index is 0.0616. The molecule has 0 aliphatic heterocycles. The van der Waals surface area contributed by atoms with Gasteiger partial charge in [0.25, 0.3) is 0 Å². The zero-order valence-corrected chi connectivity index (χ0v) is 10.8. The molecule has 0 spiro atoms. The number of fused-ring (bicyclic) bond motifs is 1. The molecule has 0 saturated heterocycles. The normalized spacial score (nSPS) is 13.7. The molecule has 1 aliphatic carbocycles. The average molecular weight is 263 g/mol. The number of hydrogen-bond donors (Lipinski definition) is 1. The van der Waals surface area contributed by atoms with Crippen LogP contribution in [-0.2, 0) is 4.84 Å². The highest BCUT2D eigenvalue weighted by Gasteiger charge is 2.32. The third kappa shape index (κ3) is 2.06. The number of nitrogens with one attached hydrogen (secondary N) is 1. The predicted molar refractivity (Wildman–Crippen MR) is 66.4 cm³/mol. The molecule has 6 heteroatoms. The monoisotopic (exact) mass is 263 g/mol. The summed E-state index contributed by atoms with van der Waals surface area (Å²) in [7, 11) is 4.23. The van der Waals surface area contributed by atoms with Gasteiger partial charge in [-0.05, 0) is 12.1 Å². The molecule has 6 nitrogen and oxygen atoms in total. The number of Topliss-reactive ketones (excluding diaryl/α,β-unsaturated/α-hetero) is 1. The van der Waals surface area contributed by atoms with Gasteiger partial charge in [-0.2, -0.15) is 0 Å². The van der Waals surface area contributed by atoms with Crippen LogP contribution in [0.3, 0.4) is 0 Å². The van der Waals surface area contributed by atoms with Gasteiger partial charge in [-0.3, -0.25) is 19.9 Å². The molecule has 0 saturated carbocycles. The number of carbonyl (C=O) groups excluding carboxylic acids is 2. The van der Waals surface area contributed by atoms with Crippen LogP contribution in [0.2, 0.25) is 0 Å². The van der Waals surface area contributed by atoms with Gasteiger partial charge in [0.05, 0.1) is 32.5 Å². The molecule has 0 fully saturated rings. The SMILES string of the molecule is CONC1=CC(=O)c2c(OC)ccc(OC)c2C1=O. The van der Waals surface area contributed by atoms with Crippen molar-refractivity contribution >= 4 is 11.6 Å². The average Bonchev–Trinajstić information content (AvgIpc) is 2.43. The van der Waals surface area contributed by atoms with E-state index in [0.717, 1.165) is 0 Å². The molecular weight excluding hydrogens is 250 g/mol. The molecule has 1 aromatic carbocycles. The third-order valence-electron chi connectivity index (χ3n) is 2.77. The van der Waals surface area contributed by atoms with E-state index in [4.69, 9.17) is 9.47 Å². The highest BCUT2D eigenvalue weighted by molar-refractivity contribution is 6.26. The smallest absolute Gasteiger partial charge is 0.215 e. The predicted octanol–water partition coefficient (Wildman–Crippen LogP) is 1.12. The van der Waals surface area contributed by atoms with Crippen LogP contribution >= 0.6 is 0 Å². The van der Waals surface area contributed by atoms with E-state index in [1.54, 1.807) is 12.1 Å². The van der Waals surface area contributed by atoms with E-state index in [2.05, 4.69) is 10.3 Å². The number of ether oxygens (including phenoxy) is 2. The Bertz CT molecular complexity index is 577. The second-order valence-corrected chi connectivity index (χ2v) is 3.78. The third-order valence-corrected chi connectivity index (χ3v) is 2.77. The Morgan fingerprint density at radius 2 is 1.53 bits per heavy atom. The molecule has 1 aromatic rings. The zero-order chi connectivity index (χ0) is 14.0. The van der Waals surface area contributed by atoms with Gasteiger partial charge < -0.3 is 9.47 Å².